The highest BCUT2D eigenvalue weighted by atomic mass is 16.2. The second kappa shape index (κ2) is 6.05. The summed E-state index contributed by atoms with van der Waals surface area (Å²) < 4.78 is 0. The van der Waals surface area contributed by atoms with Gasteiger partial charge in [0, 0.05) is 19.5 Å². The molecule has 0 aliphatic carbocycles. The van der Waals surface area contributed by atoms with Crippen molar-refractivity contribution in [2.24, 2.45) is 5.10 Å². The normalized spacial score (nSPS) is 19.3. The number of rotatable bonds is 3. The van der Waals surface area contributed by atoms with Crippen molar-refractivity contribution in [3.63, 3.8) is 0 Å². The Labute approximate surface area is 123 Å². The van der Waals surface area contributed by atoms with Crippen LogP contribution in [0.4, 0.5) is 0 Å². The molecule has 1 aromatic carbocycles. The molecule has 2 aliphatic rings. The lowest BCUT2D eigenvalue weighted by Gasteiger charge is -2.26. The maximum Gasteiger partial charge on any atom is 0.256 e. The standard InChI is InChI=1S/C15H18N4O2/c20-14-10-18(9-7-16-14)11-15(21)19-8-6-13(17-19)12-4-2-1-3-5-12/h1-5H,6-11H2,(H,16,20). The summed E-state index contributed by atoms with van der Waals surface area (Å²) >= 11 is 0. The van der Waals surface area contributed by atoms with Gasteiger partial charge in [0.15, 0.2) is 0 Å². The van der Waals surface area contributed by atoms with E-state index in [1.807, 2.05) is 35.2 Å². The minimum Gasteiger partial charge on any atom is -0.354 e. The van der Waals surface area contributed by atoms with E-state index in [4.69, 9.17) is 0 Å². The Balaban J connectivity index is 1.61. The van der Waals surface area contributed by atoms with E-state index in [0.29, 0.717) is 19.6 Å². The number of nitrogens with zero attached hydrogens (tertiary/aromatic N) is 3. The zero-order valence-electron chi connectivity index (χ0n) is 11.8. The lowest BCUT2D eigenvalue weighted by Crippen LogP contribution is -2.50. The van der Waals surface area contributed by atoms with E-state index in [2.05, 4.69) is 10.4 Å². The third kappa shape index (κ3) is 3.28. The first kappa shape index (κ1) is 13.8. The molecule has 6 nitrogen and oxygen atoms in total. The van der Waals surface area contributed by atoms with E-state index in [-0.39, 0.29) is 24.9 Å². The van der Waals surface area contributed by atoms with E-state index in [9.17, 15) is 9.59 Å². The quantitative estimate of drug-likeness (QED) is 0.854. The summed E-state index contributed by atoms with van der Waals surface area (Å²) in [6.45, 7) is 2.46. The highest BCUT2D eigenvalue weighted by Gasteiger charge is 2.25. The van der Waals surface area contributed by atoms with Gasteiger partial charge in [0.05, 0.1) is 25.3 Å². The van der Waals surface area contributed by atoms with Gasteiger partial charge in [-0.1, -0.05) is 30.3 Å². The minimum absolute atomic E-state index is 0.0241. The lowest BCUT2D eigenvalue weighted by molar-refractivity contribution is -0.133. The summed E-state index contributed by atoms with van der Waals surface area (Å²) in [5.41, 5.74) is 2.01. The van der Waals surface area contributed by atoms with Crippen molar-refractivity contribution in [1.82, 2.24) is 15.2 Å². The van der Waals surface area contributed by atoms with Crippen LogP contribution in [0.25, 0.3) is 0 Å². The van der Waals surface area contributed by atoms with Crippen LogP contribution in [0, 0.1) is 0 Å². The van der Waals surface area contributed by atoms with Gasteiger partial charge in [0.1, 0.15) is 0 Å². The van der Waals surface area contributed by atoms with Crippen LogP contribution in [0.2, 0.25) is 0 Å². The fourth-order valence-corrected chi connectivity index (χ4v) is 2.57. The summed E-state index contributed by atoms with van der Waals surface area (Å²) in [4.78, 5) is 25.4. The van der Waals surface area contributed by atoms with E-state index in [1.165, 1.54) is 5.01 Å². The summed E-state index contributed by atoms with van der Waals surface area (Å²) in [6.07, 6.45) is 0.774. The largest absolute Gasteiger partial charge is 0.354 e. The Kier molecular flexibility index (Phi) is 3.96. The fraction of sp³-hybridized carbons (Fsp3) is 0.400. The number of hydrogen-bond donors (Lipinski definition) is 1. The van der Waals surface area contributed by atoms with Crippen LogP contribution in [0.3, 0.4) is 0 Å². The Morgan fingerprint density at radius 3 is 2.81 bits per heavy atom. The van der Waals surface area contributed by atoms with Crippen LogP contribution < -0.4 is 5.32 Å². The van der Waals surface area contributed by atoms with E-state index >= 15 is 0 Å². The van der Waals surface area contributed by atoms with E-state index in [1.54, 1.807) is 0 Å². The van der Waals surface area contributed by atoms with Crippen LogP contribution in [0.15, 0.2) is 35.4 Å². The molecule has 110 valence electrons. The predicted molar refractivity (Wildman–Crippen MR) is 78.8 cm³/mol. The minimum atomic E-state index is -0.0457. The number of piperazine rings is 1. The molecule has 0 aromatic heterocycles. The number of carbonyl (C=O) groups excluding carboxylic acids is 2. The van der Waals surface area contributed by atoms with Crippen molar-refractivity contribution < 1.29 is 9.59 Å². The topological polar surface area (TPSA) is 65.0 Å². The van der Waals surface area contributed by atoms with Crippen LogP contribution >= 0.6 is 0 Å². The molecule has 6 heteroatoms. The molecule has 0 saturated carbocycles. The number of hydrazone groups is 1. The molecule has 2 aliphatic heterocycles. The fourth-order valence-electron chi connectivity index (χ4n) is 2.57. The van der Waals surface area contributed by atoms with Gasteiger partial charge >= 0.3 is 0 Å². The second-order valence-corrected chi connectivity index (χ2v) is 5.24. The lowest BCUT2D eigenvalue weighted by atomic mass is 10.1. The van der Waals surface area contributed by atoms with Gasteiger partial charge in [-0.15, -0.1) is 0 Å². The number of benzene rings is 1. The van der Waals surface area contributed by atoms with Crippen molar-refractivity contribution in [1.29, 1.82) is 0 Å². The molecule has 1 fully saturated rings. The van der Waals surface area contributed by atoms with Gasteiger partial charge in [0.25, 0.3) is 5.91 Å². The maximum absolute atomic E-state index is 12.2. The highest BCUT2D eigenvalue weighted by molar-refractivity contribution is 6.02. The molecule has 1 N–H and O–H groups in total. The van der Waals surface area contributed by atoms with Crippen molar-refractivity contribution in [3.8, 4) is 0 Å². The summed E-state index contributed by atoms with van der Waals surface area (Å²) in [7, 11) is 0. The first-order valence-electron chi connectivity index (χ1n) is 7.15. The molecule has 2 heterocycles. The van der Waals surface area contributed by atoms with Gasteiger partial charge < -0.3 is 5.32 Å². The molecule has 1 aromatic rings. The van der Waals surface area contributed by atoms with Crippen LogP contribution in [0.5, 0.6) is 0 Å². The van der Waals surface area contributed by atoms with Crippen molar-refractivity contribution in [2.75, 3.05) is 32.7 Å². The molecule has 2 amide bonds. The molecule has 21 heavy (non-hydrogen) atoms. The summed E-state index contributed by atoms with van der Waals surface area (Å²) in [5.74, 6) is -0.0698. The zero-order chi connectivity index (χ0) is 14.7. The van der Waals surface area contributed by atoms with E-state index < -0.39 is 0 Å². The number of carbonyl (C=O) groups is 2. The highest BCUT2D eigenvalue weighted by Crippen LogP contribution is 2.14. The third-order valence-corrected chi connectivity index (χ3v) is 3.67. The number of hydrogen-bond acceptors (Lipinski definition) is 4. The molecule has 3 rings (SSSR count). The first-order chi connectivity index (χ1) is 10.2. The van der Waals surface area contributed by atoms with Gasteiger partial charge in [0.2, 0.25) is 5.91 Å². The molecular weight excluding hydrogens is 268 g/mol. The molecule has 1 saturated heterocycles. The van der Waals surface area contributed by atoms with Gasteiger partial charge in [-0.05, 0) is 5.56 Å². The molecular formula is C15H18N4O2. The smallest absolute Gasteiger partial charge is 0.256 e. The van der Waals surface area contributed by atoms with Gasteiger partial charge in [-0.3, -0.25) is 14.5 Å². The molecule has 0 spiro atoms. The van der Waals surface area contributed by atoms with Crippen molar-refractivity contribution in [2.45, 2.75) is 6.42 Å². The summed E-state index contributed by atoms with van der Waals surface area (Å²) in [6, 6.07) is 9.90. The van der Waals surface area contributed by atoms with Crippen molar-refractivity contribution in [3.05, 3.63) is 35.9 Å². The zero-order valence-corrected chi connectivity index (χ0v) is 11.8. The van der Waals surface area contributed by atoms with Crippen LogP contribution in [0.1, 0.15) is 12.0 Å². The number of nitrogens with one attached hydrogen (secondary N) is 1. The Morgan fingerprint density at radius 2 is 2.05 bits per heavy atom. The van der Waals surface area contributed by atoms with E-state index in [0.717, 1.165) is 17.7 Å². The summed E-state index contributed by atoms with van der Waals surface area (Å²) in [5, 5.41) is 8.69. The molecule has 0 unspecified atom stereocenters. The molecule has 0 bridgehead atoms. The first-order valence-corrected chi connectivity index (χ1v) is 7.15. The van der Waals surface area contributed by atoms with Crippen LogP contribution in [-0.4, -0.2) is 60.2 Å². The Bertz CT molecular complexity index is 570. The molecule has 0 atom stereocenters. The maximum atomic E-state index is 12.2. The average Bonchev–Trinajstić information content (AvgIpc) is 2.98. The second-order valence-electron chi connectivity index (χ2n) is 5.24. The Morgan fingerprint density at radius 1 is 1.24 bits per heavy atom. The van der Waals surface area contributed by atoms with Crippen LogP contribution in [-0.2, 0) is 9.59 Å². The van der Waals surface area contributed by atoms with Gasteiger partial charge in [-0.25, -0.2) is 5.01 Å². The monoisotopic (exact) mass is 286 g/mol. The SMILES string of the molecule is O=C1CN(CC(=O)N2CCC(c3ccccc3)=N2)CCN1. The third-order valence-electron chi connectivity index (χ3n) is 3.67. The van der Waals surface area contributed by atoms with Crippen molar-refractivity contribution >= 4 is 17.5 Å². The number of amides is 2. The predicted octanol–water partition coefficient (Wildman–Crippen LogP) is 0.0548. The molecule has 0 radical (unpaired) electrons. The average molecular weight is 286 g/mol. The van der Waals surface area contributed by atoms with Gasteiger partial charge in [-0.2, -0.15) is 5.10 Å². The Hall–Kier alpha value is -2.21.